The minimum atomic E-state index is -1.40. The number of pyridine rings is 1. The molecule has 10 heteroatoms. The summed E-state index contributed by atoms with van der Waals surface area (Å²) in [6.07, 6.45) is 1.47. The molecule has 0 saturated carbocycles. The van der Waals surface area contributed by atoms with Crippen molar-refractivity contribution in [2.75, 3.05) is 17.7 Å². The summed E-state index contributed by atoms with van der Waals surface area (Å²) in [5, 5.41) is 7.09. The second kappa shape index (κ2) is 13.1. The van der Waals surface area contributed by atoms with E-state index in [0.29, 0.717) is 34.0 Å². The van der Waals surface area contributed by atoms with Gasteiger partial charge in [-0.2, -0.15) is 0 Å². The van der Waals surface area contributed by atoms with Crippen molar-refractivity contribution in [2.24, 2.45) is 0 Å². The molecule has 2 aromatic heterocycles. The molecule has 2 heterocycles. The third kappa shape index (κ3) is 6.65. The third-order valence-corrected chi connectivity index (χ3v) is 8.20. The Labute approximate surface area is 260 Å². The van der Waals surface area contributed by atoms with Crippen LogP contribution in [0.1, 0.15) is 55.2 Å². The van der Waals surface area contributed by atoms with Crippen LogP contribution < -0.4 is 16.4 Å². The van der Waals surface area contributed by atoms with Crippen LogP contribution in [0.25, 0.3) is 11.0 Å². The molecule has 44 heavy (non-hydrogen) atoms. The number of ether oxygens (including phenoxy) is 1. The summed E-state index contributed by atoms with van der Waals surface area (Å²) in [5.41, 5.74) is 8.28. The van der Waals surface area contributed by atoms with Crippen LogP contribution in [0.15, 0.2) is 101 Å². The van der Waals surface area contributed by atoms with Crippen LogP contribution in [0.2, 0.25) is 0 Å². The van der Waals surface area contributed by atoms with Gasteiger partial charge in [0, 0.05) is 26.7 Å². The van der Waals surface area contributed by atoms with Crippen LogP contribution in [0, 0.1) is 0 Å². The van der Waals surface area contributed by atoms with Crippen molar-refractivity contribution in [1.82, 2.24) is 20.3 Å². The van der Waals surface area contributed by atoms with Crippen LogP contribution in [0.3, 0.4) is 0 Å². The molecule has 4 N–H and O–H groups in total. The van der Waals surface area contributed by atoms with Gasteiger partial charge in [-0.05, 0) is 79.9 Å². The highest BCUT2D eigenvalue weighted by atomic mass is 32.2. The predicted molar refractivity (Wildman–Crippen MR) is 174 cm³/mol. The molecule has 0 aliphatic rings. The lowest BCUT2D eigenvalue weighted by atomic mass is 9.91. The summed E-state index contributed by atoms with van der Waals surface area (Å²) < 4.78 is 5.36. The molecule has 1 atom stereocenters. The molecule has 5 aromatic rings. The van der Waals surface area contributed by atoms with Crippen molar-refractivity contribution < 1.29 is 14.3 Å². The monoisotopic (exact) mass is 606 g/mol. The molecule has 0 radical (unpaired) electrons. The standard InChI is InChI=1S/C34H34N6O3S/c1-5-43-33(42)34(4,23-9-7-6-8-10-23)40-32(41)22-11-18-29(44-25-14-12-24(35)13-15-25)28(19-22)39-31-26-16-17-27(21(2)3)38-30(26)36-20-37-31/h6-21H,5,35H2,1-4H3,(H,40,41)(H,36,37,38,39). The number of aromatic nitrogens is 3. The van der Waals surface area contributed by atoms with Gasteiger partial charge in [-0.3, -0.25) is 4.79 Å². The van der Waals surface area contributed by atoms with Crippen molar-refractivity contribution in [1.29, 1.82) is 0 Å². The molecule has 0 saturated heterocycles. The van der Waals surface area contributed by atoms with Gasteiger partial charge in [0.25, 0.3) is 5.91 Å². The van der Waals surface area contributed by atoms with E-state index in [9.17, 15) is 9.59 Å². The second-order valence-electron chi connectivity index (χ2n) is 10.7. The molecule has 1 unspecified atom stereocenters. The Morgan fingerprint density at radius 2 is 1.73 bits per heavy atom. The van der Waals surface area contributed by atoms with E-state index in [1.807, 2.05) is 60.7 Å². The van der Waals surface area contributed by atoms with Gasteiger partial charge in [0.15, 0.2) is 11.2 Å². The number of nitrogens with two attached hydrogens (primary N) is 1. The van der Waals surface area contributed by atoms with Crippen LogP contribution in [-0.4, -0.2) is 33.4 Å². The number of nitrogens with one attached hydrogen (secondary N) is 2. The van der Waals surface area contributed by atoms with Crippen molar-refractivity contribution in [3.63, 3.8) is 0 Å². The molecule has 0 fully saturated rings. The van der Waals surface area contributed by atoms with E-state index in [1.54, 1.807) is 38.1 Å². The van der Waals surface area contributed by atoms with E-state index in [-0.39, 0.29) is 12.5 Å². The summed E-state index contributed by atoms with van der Waals surface area (Å²) >= 11 is 1.51. The average molecular weight is 607 g/mol. The van der Waals surface area contributed by atoms with E-state index in [1.165, 1.54) is 18.1 Å². The van der Waals surface area contributed by atoms with Gasteiger partial charge in [-0.1, -0.05) is 55.9 Å². The van der Waals surface area contributed by atoms with E-state index in [4.69, 9.17) is 15.5 Å². The predicted octanol–water partition coefficient (Wildman–Crippen LogP) is 6.83. The van der Waals surface area contributed by atoms with Crippen LogP contribution in [-0.2, 0) is 15.1 Å². The normalized spacial score (nSPS) is 12.5. The third-order valence-electron chi connectivity index (χ3n) is 7.11. The second-order valence-corrected chi connectivity index (χ2v) is 11.8. The number of anilines is 3. The number of carbonyl (C=O) groups is 2. The number of carbonyl (C=O) groups excluding carboxylic acids is 2. The minimum Gasteiger partial charge on any atom is -0.464 e. The van der Waals surface area contributed by atoms with Gasteiger partial charge in [-0.25, -0.2) is 19.7 Å². The number of fused-ring (bicyclic) bond motifs is 1. The molecule has 224 valence electrons. The molecule has 9 nitrogen and oxygen atoms in total. The Hall–Kier alpha value is -4.96. The summed E-state index contributed by atoms with van der Waals surface area (Å²) in [6.45, 7) is 7.72. The van der Waals surface area contributed by atoms with Gasteiger partial charge in [0.1, 0.15) is 12.1 Å². The number of nitrogens with zero attached hydrogens (tertiary/aromatic N) is 3. The van der Waals surface area contributed by atoms with Crippen molar-refractivity contribution >= 4 is 51.9 Å². The quantitative estimate of drug-likeness (QED) is 0.116. The Balaban J connectivity index is 1.54. The zero-order valence-electron chi connectivity index (χ0n) is 25.0. The number of benzene rings is 3. The van der Waals surface area contributed by atoms with E-state index in [0.717, 1.165) is 20.9 Å². The van der Waals surface area contributed by atoms with E-state index < -0.39 is 17.4 Å². The molecule has 5 rings (SSSR count). The molecule has 0 aliphatic heterocycles. The van der Waals surface area contributed by atoms with E-state index in [2.05, 4.69) is 34.4 Å². The van der Waals surface area contributed by atoms with Gasteiger partial charge in [-0.15, -0.1) is 0 Å². The maximum Gasteiger partial charge on any atom is 0.336 e. The molecule has 3 aromatic carbocycles. The molecule has 0 aliphatic carbocycles. The van der Waals surface area contributed by atoms with Gasteiger partial charge in [0.2, 0.25) is 0 Å². The Morgan fingerprint density at radius 1 is 0.977 bits per heavy atom. The minimum absolute atomic E-state index is 0.183. The van der Waals surface area contributed by atoms with Gasteiger partial charge < -0.3 is 21.1 Å². The van der Waals surface area contributed by atoms with Gasteiger partial charge in [0.05, 0.1) is 17.7 Å². The van der Waals surface area contributed by atoms with Crippen LogP contribution >= 0.6 is 11.8 Å². The zero-order chi connectivity index (χ0) is 31.3. The SMILES string of the molecule is CCOC(=O)C(C)(NC(=O)c1ccc(Sc2ccc(N)cc2)c(Nc2ncnc3nc(C(C)C)ccc23)c1)c1ccccc1. The average Bonchev–Trinajstić information content (AvgIpc) is 3.03. The highest BCUT2D eigenvalue weighted by Crippen LogP contribution is 2.37. The molecular weight excluding hydrogens is 572 g/mol. The molecular formula is C34H34N6O3S. The fourth-order valence-electron chi connectivity index (χ4n) is 4.61. The van der Waals surface area contributed by atoms with Crippen molar-refractivity contribution in [2.45, 2.75) is 48.9 Å². The number of hydrogen-bond acceptors (Lipinski definition) is 9. The number of rotatable bonds is 10. The zero-order valence-corrected chi connectivity index (χ0v) is 25.8. The first-order valence-electron chi connectivity index (χ1n) is 14.3. The Morgan fingerprint density at radius 3 is 2.43 bits per heavy atom. The first-order chi connectivity index (χ1) is 21.2. The fraction of sp³-hybridized carbons (Fsp3) is 0.206. The van der Waals surface area contributed by atoms with E-state index >= 15 is 0 Å². The highest BCUT2D eigenvalue weighted by molar-refractivity contribution is 7.99. The van der Waals surface area contributed by atoms with Crippen molar-refractivity contribution in [3.05, 3.63) is 108 Å². The highest BCUT2D eigenvalue weighted by Gasteiger charge is 2.38. The first-order valence-corrected chi connectivity index (χ1v) is 15.1. The summed E-state index contributed by atoms with van der Waals surface area (Å²) in [4.78, 5) is 42.3. The largest absolute Gasteiger partial charge is 0.464 e. The Bertz CT molecular complexity index is 1800. The summed E-state index contributed by atoms with van der Waals surface area (Å²) in [5.74, 6) is -0.184. The lowest BCUT2D eigenvalue weighted by Gasteiger charge is -2.29. The first kappa shape index (κ1) is 30.5. The maximum atomic E-state index is 13.8. The van der Waals surface area contributed by atoms with Crippen LogP contribution in [0.4, 0.5) is 17.2 Å². The van der Waals surface area contributed by atoms with Crippen molar-refractivity contribution in [3.8, 4) is 0 Å². The van der Waals surface area contributed by atoms with Crippen LogP contribution in [0.5, 0.6) is 0 Å². The molecule has 0 bridgehead atoms. The number of nitrogen functional groups attached to an aromatic ring is 1. The smallest absolute Gasteiger partial charge is 0.336 e. The number of esters is 1. The lowest BCUT2D eigenvalue weighted by molar-refractivity contribution is -0.150. The maximum absolute atomic E-state index is 13.8. The van der Waals surface area contributed by atoms with Gasteiger partial charge >= 0.3 is 5.97 Å². The summed E-state index contributed by atoms with van der Waals surface area (Å²) in [7, 11) is 0. The molecule has 0 spiro atoms. The number of hydrogen-bond donors (Lipinski definition) is 3. The molecule has 1 amide bonds. The number of amides is 1. The topological polar surface area (TPSA) is 132 Å². The fourth-order valence-corrected chi connectivity index (χ4v) is 5.50. The lowest BCUT2D eigenvalue weighted by Crippen LogP contribution is -2.50. The Kier molecular flexibility index (Phi) is 9.10. The summed E-state index contributed by atoms with van der Waals surface area (Å²) in [6, 6.07) is 25.9.